The highest BCUT2D eigenvalue weighted by Gasteiger charge is 2.23. The molecule has 8 nitrogen and oxygen atoms in total. The predicted octanol–water partition coefficient (Wildman–Crippen LogP) is 1.87. The topological polar surface area (TPSA) is 92.8 Å². The van der Waals surface area contributed by atoms with E-state index in [-0.39, 0.29) is 12.5 Å². The summed E-state index contributed by atoms with van der Waals surface area (Å²) in [6.07, 6.45) is 5.25. The van der Waals surface area contributed by atoms with Gasteiger partial charge in [-0.15, -0.1) is 0 Å². The van der Waals surface area contributed by atoms with E-state index in [1.54, 1.807) is 27.0 Å². The first kappa shape index (κ1) is 21.0. The van der Waals surface area contributed by atoms with Crippen LogP contribution in [0.4, 0.5) is 4.79 Å². The van der Waals surface area contributed by atoms with Gasteiger partial charge in [-0.1, -0.05) is 0 Å². The molecular weight excluding hydrogens is 348 g/mol. The molecule has 1 aliphatic heterocycles. The van der Waals surface area contributed by atoms with Gasteiger partial charge in [0, 0.05) is 12.2 Å². The van der Waals surface area contributed by atoms with E-state index in [2.05, 4.69) is 27.6 Å². The zero-order chi connectivity index (χ0) is 19.9. The number of rotatable bonds is 7. The fourth-order valence-electron chi connectivity index (χ4n) is 2.92. The maximum Gasteiger partial charge on any atom is 0.408 e. The average molecular weight is 378 g/mol. The Labute approximate surface area is 160 Å². The molecule has 1 aliphatic rings. The summed E-state index contributed by atoms with van der Waals surface area (Å²) in [6, 6.07) is 2.39. The minimum atomic E-state index is -0.617. The van der Waals surface area contributed by atoms with Crippen molar-refractivity contribution >= 4 is 12.0 Å². The molecule has 1 saturated heterocycles. The monoisotopic (exact) mass is 378 g/mol. The smallest absolute Gasteiger partial charge is 0.408 e. The van der Waals surface area contributed by atoms with E-state index in [4.69, 9.17) is 9.47 Å². The Bertz CT molecular complexity index is 645. The van der Waals surface area contributed by atoms with Crippen molar-refractivity contribution in [2.75, 3.05) is 33.3 Å². The number of hydrogen-bond donors (Lipinski definition) is 2. The first-order chi connectivity index (χ1) is 12.7. The molecule has 0 saturated carbocycles. The van der Waals surface area contributed by atoms with E-state index >= 15 is 0 Å². The van der Waals surface area contributed by atoms with E-state index < -0.39 is 11.7 Å². The van der Waals surface area contributed by atoms with Gasteiger partial charge in [0.1, 0.15) is 18.0 Å². The van der Waals surface area contributed by atoms with Crippen molar-refractivity contribution in [1.82, 2.24) is 20.5 Å². The second-order valence-electron chi connectivity index (χ2n) is 7.65. The van der Waals surface area contributed by atoms with Crippen molar-refractivity contribution in [3.8, 4) is 5.75 Å². The van der Waals surface area contributed by atoms with Crippen LogP contribution in [0, 0.1) is 0 Å². The van der Waals surface area contributed by atoms with Gasteiger partial charge in [-0.05, 0) is 58.8 Å². The van der Waals surface area contributed by atoms with Crippen LogP contribution < -0.4 is 15.4 Å². The van der Waals surface area contributed by atoms with Gasteiger partial charge in [-0.2, -0.15) is 0 Å². The van der Waals surface area contributed by atoms with Crippen molar-refractivity contribution in [2.24, 2.45) is 0 Å². The molecule has 0 aromatic carbocycles. The van der Waals surface area contributed by atoms with Gasteiger partial charge in [0.2, 0.25) is 5.91 Å². The third kappa shape index (κ3) is 7.42. The number of nitrogens with zero attached hydrogens (tertiary/aromatic N) is 2. The van der Waals surface area contributed by atoms with Crippen LogP contribution >= 0.6 is 0 Å². The zero-order valence-electron chi connectivity index (χ0n) is 16.6. The predicted molar refractivity (Wildman–Crippen MR) is 102 cm³/mol. The summed E-state index contributed by atoms with van der Waals surface area (Å²) in [5, 5.41) is 5.10. The molecule has 2 heterocycles. The lowest BCUT2D eigenvalue weighted by molar-refractivity contribution is -0.120. The quantitative estimate of drug-likeness (QED) is 0.704. The Morgan fingerprint density at radius 3 is 2.74 bits per heavy atom. The standard InChI is InChI=1S/C19H30N4O4/c1-19(2,3)27-18(25)22-13-17(24)21-7-9-26-15-10-14(11-20-12-15)16-6-5-8-23(16)4/h10-12,16H,5-9,13H2,1-4H3,(H,21,24)(H,22,25)/t16-/m0/s1. The molecule has 1 aromatic rings. The molecule has 27 heavy (non-hydrogen) atoms. The van der Waals surface area contributed by atoms with Crippen molar-refractivity contribution in [2.45, 2.75) is 45.3 Å². The number of alkyl carbamates (subject to hydrolysis) is 1. The van der Waals surface area contributed by atoms with Crippen LogP contribution in [0.2, 0.25) is 0 Å². The van der Waals surface area contributed by atoms with Crippen LogP contribution in [0.15, 0.2) is 18.5 Å². The number of likely N-dealkylation sites (tertiary alicyclic amines) is 1. The number of carbonyl (C=O) groups is 2. The molecule has 1 atom stereocenters. The van der Waals surface area contributed by atoms with Gasteiger partial charge in [-0.25, -0.2) is 4.79 Å². The van der Waals surface area contributed by atoms with Gasteiger partial charge in [0.25, 0.3) is 0 Å². The molecule has 0 unspecified atom stereocenters. The Balaban J connectivity index is 1.66. The summed E-state index contributed by atoms with van der Waals surface area (Å²) in [4.78, 5) is 29.8. The third-order valence-corrected chi connectivity index (χ3v) is 4.12. The summed E-state index contributed by atoms with van der Waals surface area (Å²) in [6.45, 7) is 6.90. The summed E-state index contributed by atoms with van der Waals surface area (Å²) in [5.74, 6) is 0.387. The van der Waals surface area contributed by atoms with E-state index in [0.29, 0.717) is 24.9 Å². The summed E-state index contributed by atoms with van der Waals surface area (Å²) in [7, 11) is 2.12. The Morgan fingerprint density at radius 1 is 1.30 bits per heavy atom. The Kier molecular flexibility index (Phi) is 7.41. The van der Waals surface area contributed by atoms with Crippen LogP contribution in [0.5, 0.6) is 5.75 Å². The molecular formula is C19H30N4O4. The van der Waals surface area contributed by atoms with Gasteiger partial charge < -0.3 is 20.1 Å². The average Bonchev–Trinajstić information content (AvgIpc) is 3.02. The summed E-state index contributed by atoms with van der Waals surface area (Å²) in [5.41, 5.74) is 0.558. The lowest BCUT2D eigenvalue weighted by Gasteiger charge is -2.20. The van der Waals surface area contributed by atoms with Gasteiger partial charge in [0.15, 0.2) is 0 Å². The zero-order valence-corrected chi connectivity index (χ0v) is 16.6. The molecule has 1 fully saturated rings. The normalized spacial score (nSPS) is 17.4. The first-order valence-electron chi connectivity index (χ1n) is 9.26. The van der Waals surface area contributed by atoms with Crippen molar-refractivity contribution in [3.63, 3.8) is 0 Å². The summed E-state index contributed by atoms with van der Waals surface area (Å²) >= 11 is 0. The second kappa shape index (κ2) is 9.55. The van der Waals surface area contributed by atoms with Crippen molar-refractivity contribution in [3.05, 3.63) is 24.0 Å². The number of pyridine rings is 1. The molecule has 0 spiro atoms. The minimum absolute atomic E-state index is 0.139. The number of amides is 2. The van der Waals surface area contributed by atoms with Crippen LogP contribution in [-0.4, -0.2) is 60.8 Å². The summed E-state index contributed by atoms with van der Waals surface area (Å²) < 4.78 is 10.7. The molecule has 2 rings (SSSR count). The number of aromatic nitrogens is 1. The molecule has 0 radical (unpaired) electrons. The van der Waals surface area contributed by atoms with Crippen LogP contribution in [0.1, 0.15) is 45.2 Å². The molecule has 0 bridgehead atoms. The first-order valence-corrected chi connectivity index (χ1v) is 9.26. The Morgan fingerprint density at radius 2 is 2.07 bits per heavy atom. The van der Waals surface area contributed by atoms with Crippen molar-refractivity contribution in [1.29, 1.82) is 0 Å². The van der Waals surface area contributed by atoms with Crippen LogP contribution in [-0.2, 0) is 9.53 Å². The van der Waals surface area contributed by atoms with E-state index in [0.717, 1.165) is 18.5 Å². The minimum Gasteiger partial charge on any atom is -0.490 e. The van der Waals surface area contributed by atoms with Crippen LogP contribution in [0.25, 0.3) is 0 Å². The van der Waals surface area contributed by atoms with E-state index in [1.807, 2.05) is 12.3 Å². The van der Waals surface area contributed by atoms with E-state index in [9.17, 15) is 9.59 Å². The van der Waals surface area contributed by atoms with E-state index in [1.165, 1.54) is 6.42 Å². The largest absolute Gasteiger partial charge is 0.490 e. The Hall–Kier alpha value is -2.35. The molecule has 1 aromatic heterocycles. The number of ether oxygens (including phenoxy) is 2. The number of hydrogen-bond acceptors (Lipinski definition) is 6. The maximum absolute atomic E-state index is 11.7. The van der Waals surface area contributed by atoms with Gasteiger partial charge >= 0.3 is 6.09 Å². The number of nitrogens with one attached hydrogen (secondary N) is 2. The molecule has 8 heteroatoms. The van der Waals surface area contributed by atoms with Crippen LogP contribution in [0.3, 0.4) is 0 Å². The fraction of sp³-hybridized carbons (Fsp3) is 0.632. The highest BCUT2D eigenvalue weighted by Crippen LogP contribution is 2.31. The maximum atomic E-state index is 11.7. The van der Waals surface area contributed by atoms with Gasteiger partial charge in [-0.3, -0.25) is 14.7 Å². The molecule has 0 aliphatic carbocycles. The fourth-order valence-corrected chi connectivity index (χ4v) is 2.92. The molecule has 150 valence electrons. The molecule has 2 N–H and O–H groups in total. The third-order valence-electron chi connectivity index (χ3n) is 4.12. The second-order valence-corrected chi connectivity index (χ2v) is 7.65. The highest BCUT2D eigenvalue weighted by atomic mass is 16.6. The lowest BCUT2D eigenvalue weighted by Crippen LogP contribution is -2.40. The number of carbonyl (C=O) groups excluding carboxylic acids is 2. The van der Waals surface area contributed by atoms with Crippen molar-refractivity contribution < 1.29 is 19.1 Å². The lowest BCUT2D eigenvalue weighted by atomic mass is 10.1. The highest BCUT2D eigenvalue weighted by molar-refractivity contribution is 5.82. The SMILES string of the molecule is CN1CCC[C@H]1c1cncc(OCCNC(=O)CNC(=O)OC(C)(C)C)c1. The molecule has 2 amide bonds. The van der Waals surface area contributed by atoms with Gasteiger partial charge in [0.05, 0.1) is 19.3 Å².